The number of hydrogen-bond donors (Lipinski definition) is 0. The van der Waals surface area contributed by atoms with Crippen molar-refractivity contribution in [2.45, 2.75) is 26.5 Å². The van der Waals surface area contributed by atoms with E-state index < -0.39 is 0 Å². The Hall–Kier alpha value is -2.13. The monoisotopic (exact) mass is 297 g/mol. The average Bonchev–Trinajstić information content (AvgIpc) is 2.55. The van der Waals surface area contributed by atoms with E-state index in [0.717, 1.165) is 11.1 Å². The Balaban J connectivity index is 1.84. The van der Waals surface area contributed by atoms with Gasteiger partial charge >= 0.3 is 0 Å². The highest BCUT2D eigenvalue weighted by Gasteiger charge is 2.17. The van der Waals surface area contributed by atoms with Gasteiger partial charge in [-0.25, -0.2) is 0 Å². The number of aryl methyl sites for hydroxylation is 1. The lowest BCUT2D eigenvalue weighted by atomic mass is 10.1. The van der Waals surface area contributed by atoms with Crippen molar-refractivity contribution in [3.63, 3.8) is 0 Å². The normalized spacial score (nSPS) is 12.0. The summed E-state index contributed by atoms with van der Waals surface area (Å²) in [5.41, 5.74) is 3.42. The van der Waals surface area contributed by atoms with E-state index >= 15 is 0 Å². The number of likely N-dealkylation sites (N-methyl/N-ethyl adjacent to an activating group) is 1. The molecule has 2 rings (SSSR count). The van der Waals surface area contributed by atoms with Crippen molar-refractivity contribution in [1.82, 2.24) is 4.90 Å². The zero-order chi connectivity index (χ0) is 15.9. The van der Waals surface area contributed by atoms with Crippen LogP contribution in [0.3, 0.4) is 0 Å². The summed E-state index contributed by atoms with van der Waals surface area (Å²) in [6, 6.07) is 18.2. The first-order chi connectivity index (χ1) is 10.6. The molecule has 0 saturated heterocycles. The lowest BCUT2D eigenvalue weighted by Gasteiger charge is -2.25. The third-order valence-corrected chi connectivity index (χ3v) is 3.87. The van der Waals surface area contributed by atoms with Crippen molar-refractivity contribution in [3.05, 3.63) is 71.3 Å². The minimum Gasteiger partial charge on any atom is -0.367 e. The molecule has 0 saturated carbocycles. The minimum absolute atomic E-state index is 0.0102. The zero-order valence-electron chi connectivity index (χ0n) is 13.5. The maximum atomic E-state index is 12.2. The fourth-order valence-corrected chi connectivity index (χ4v) is 2.22. The molecule has 1 amide bonds. The Morgan fingerprint density at radius 3 is 2.36 bits per heavy atom. The van der Waals surface area contributed by atoms with Gasteiger partial charge in [-0.15, -0.1) is 0 Å². The predicted molar refractivity (Wildman–Crippen MR) is 88.5 cm³/mol. The van der Waals surface area contributed by atoms with Gasteiger partial charge in [-0.05, 0) is 25.0 Å². The van der Waals surface area contributed by atoms with Crippen molar-refractivity contribution >= 4 is 5.91 Å². The Bertz CT molecular complexity index is 593. The minimum atomic E-state index is -0.0102. The lowest BCUT2D eigenvalue weighted by Crippen LogP contribution is -2.32. The number of amides is 1. The summed E-state index contributed by atoms with van der Waals surface area (Å²) in [5.74, 6) is -0.0102. The number of hydrogen-bond acceptors (Lipinski definition) is 2. The van der Waals surface area contributed by atoms with E-state index in [2.05, 4.69) is 31.2 Å². The van der Waals surface area contributed by atoms with Crippen LogP contribution in [0.5, 0.6) is 0 Å². The summed E-state index contributed by atoms with van der Waals surface area (Å²) >= 11 is 0. The Morgan fingerprint density at radius 1 is 1.09 bits per heavy atom. The number of ether oxygens (including phenoxy) is 1. The highest BCUT2D eigenvalue weighted by Crippen LogP contribution is 2.19. The number of rotatable bonds is 6. The van der Waals surface area contributed by atoms with E-state index in [1.807, 2.05) is 44.3 Å². The van der Waals surface area contributed by atoms with Gasteiger partial charge in [0.15, 0.2) is 0 Å². The fourth-order valence-electron chi connectivity index (χ4n) is 2.22. The Labute approximate surface area is 132 Å². The molecular formula is C19H23NO2. The second-order valence-electron chi connectivity index (χ2n) is 5.57. The third kappa shape index (κ3) is 4.43. The van der Waals surface area contributed by atoms with Crippen LogP contribution in [0.15, 0.2) is 54.6 Å². The van der Waals surface area contributed by atoms with Crippen molar-refractivity contribution in [1.29, 1.82) is 0 Å². The first kappa shape index (κ1) is 16.2. The molecule has 0 aliphatic carbocycles. The van der Waals surface area contributed by atoms with Gasteiger partial charge in [0.2, 0.25) is 5.91 Å². The van der Waals surface area contributed by atoms with Gasteiger partial charge in [0.1, 0.15) is 6.61 Å². The van der Waals surface area contributed by atoms with Crippen LogP contribution >= 0.6 is 0 Å². The van der Waals surface area contributed by atoms with E-state index in [1.54, 1.807) is 4.90 Å². The van der Waals surface area contributed by atoms with Gasteiger partial charge < -0.3 is 9.64 Å². The smallest absolute Gasteiger partial charge is 0.248 e. The van der Waals surface area contributed by atoms with Crippen LogP contribution in [-0.2, 0) is 16.1 Å². The predicted octanol–water partition coefficient (Wildman–Crippen LogP) is 3.73. The van der Waals surface area contributed by atoms with Crippen molar-refractivity contribution in [2.75, 3.05) is 13.7 Å². The first-order valence-corrected chi connectivity index (χ1v) is 7.52. The molecule has 2 aromatic rings. The van der Waals surface area contributed by atoms with Crippen molar-refractivity contribution < 1.29 is 9.53 Å². The van der Waals surface area contributed by atoms with E-state index in [-0.39, 0.29) is 18.6 Å². The molecule has 22 heavy (non-hydrogen) atoms. The number of carbonyl (C=O) groups excluding carboxylic acids is 1. The molecule has 0 aliphatic rings. The van der Waals surface area contributed by atoms with Crippen LogP contribution in [0.1, 0.15) is 29.7 Å². The van der Waals surface area contributed by atoms with Gasteiger partial charge in [-0.2, -0.15) is 0 Å². The number of benzene rings is 2. The van der Waals surface area contributed by atoms with Crippen LogP contribution in [0.4, 0.5) is 0 Å². The van der Waals surface area contributed by atoms with E-state index in [9.17, 15) is 4.79 Å². The number of carbonyl (C=O) groups is 1. The second-order valence-corrected chi connectivity index (χ2v) is 5.57. The second kappa shape index (κ2) is 7.76. The molecule has 0 radical (unpaired) electrons. The molecule has 0 aliphatic heterocycles. The van der Waals surface area contributed by atoms with Crippen molar-refractivity contribution in [3.8, 4) is 0 Å². The molecule has 0 heterocycles. The maximum absolute atomic E-state index is 12.2. The summed E-state index contributed by atoms with van der Waals surface area (Å²) in [7, 11) is 1.82. The number of nitrogens with zero attached hydrogens (tertiary/aromatic N) is 1. The van der Waals surface area contributed by atoms with E-state index in [0.29, 0.717) is 6.61 Å². The molecule has 3 heteroatoms. The first-order valence-electron chi connectivity index (χ1n) is 7.52. The third-order valence-electron chi connectivity index (χ3n) is 3.87. The largest absolute Gasteiger partial charge is 0.367 e. The highest BCUT2D eigenvalue weighted by atomic mass is 16.5. The molecule has 2 aromatic carbocycles. The average molecular weight is 297 g/mol. The molecule has 1 atom stereocenters. The Kier molecular flexibility index (Phi) is 5.73. The molecule has 0 fully saturated rings. The summed E-state index contributed by atoms with van der Waals surface area (Å²) in [6.45, 7) is 4.64. The topological polar surface area (TPSA) is 29.5 Å². The molecule has 0 spiro atoms. The molecule has 0 bridgehead atoms. The summed E-state index contributed by atoms with van der Waals surface area (Å²) in [6.07, 6.45) is 0. The van der Waals surface area contributed by atoms with Crippen LogP contribution in [0.25, 0.3) is 0 Å². The summed E-state index contributed by atoms with van der Waals surface area (Å²) < 4.78 is 5.52. The van der Waals surface area contributed by atoms with E-state index in [1.165, 1.54) is 5.56 Å². The quantitative estimate of drug-likeness (QED) is 0.813. The molecular weight excluding hydrogens is 274 g/mol. The maximum Gasteiger partial charge on any atom is 0.248 e. The molecule has 0 N–H and O–H groups in total. The summed E-state index contributed by atoms with van der Waals surface area (Å²) in [4.78, 5) is 13.9. The standard InChI is InChI=1S/C19H23NO2/c1-15-9-11-18(12-10-15)16(2)20(3)19(21)14-22-13-17-7-5-4-6-8-17/h4-12,16H,13-14H2,1-3H3. The van der Waals surface area contributed by atoms with Gasteiger partial charge in [0, 0.05) is 7.05 Å². The SMILES string of the molecule is Cc1ccc(C(C)N(C)C(=O)COCc2ccccc2)cc1. The molecule has 1 unspecified atom stereocenters. The zero-order valence-corrected chi connectivity index (χ0v) is 13.5. The fraction of sp³-hybridized carbons (Fsp3) is 0.316. The molecule has 3 nitrogen and oxygen atoms in total. The lowest BCUT2D eigenvalue weighted by molar-refractivity contribution is -0.137. The van der Waals surface area contributed by atoms with Gasteiger partial charge in [0.05, 0.1) is 12.6 Å². The molecule has 116 valence electrons. The van der Waals surface area contributed by atoms with Gasteiger partial charge in [-0.1, -0.05) is 60.2 Å². The molecule has 0 aromatic heterocycles. The Morgan fingerprint density at radius 2 is 1.73 bits per heavy atom. The summed E-state index contributed by atoms with van der Waals surface area (Å²) in [5, 5.41) is 0. The van der Waals surface area contributed by atoms with Crippen LogP contribution in [0, 0.1) is 6.92 Å². The van der Waals surface area contributed by atoms with Crippen molar-refractivity contribution in [2.24, 2.45) is 0 Å². The van der Waals surface area contributed by atoms with E-state index in [4.69, 9.17) is 4.74 Å². The van der Waals surface area contributed by atoms with Crippen LogP contribution < -0.4 is 0 Å². The highest BCUT2D eigenvalue weighted by molar-refractivity contribution is 5.77. The van der Waals surface area contributed by atoms with Gasteiger partial charge in [0.25, 0.3) is 0 Å². The van der Waals surface area contributed by atoms with Crippen LogP contribution in [0.2, 0.25) is 0 Å². The van der Waals surface area contributed by atoms with Crippen LogP contribution in [-0.4, -0.2) is 24.5 Å². The van der Waals surface area contributed by atoms with Gasteiger partial charge in [-0.3, -0.25) is 4.79 Å².